The van der Waals surface area contributed by atoms with Gasteiger partial charge < -0.3 is 9.67 Å². The fraction of sp³-hybridized carbons (Fsp3) is 0.400. The van der Waals surface area contributed by atoms with Crippen LogP contribution in [0.4, 0.5) is 0 Å². The van der Waals surface area contributed by atoms with Crippen molar-refractivity contribution in [1.82, 2.24) is 9.55 Å². The molecular weight excluding hydrogens is 327 g/mol. The summed E-state index contributed by atoms with van der Waals surface area (Å²) in [6.45, 7) is 4.32. The fourth-order valence-corrected chi connectivity index (χ4v) is 3.51. The number of rotatable bonds is 6. The zero-order chi connectivity index (χ0) is 15.4. The summed E-state index contributed by atoms with van der Waals surface area (Å²) in [6.07, 6.45) is 2.61. The van der Waals surface area contributed by atoms with Crippen molar-refractivity contribution in [2.75, 3.05) is 6.61 Å². The first-order valence-electron chi connectivity index (χ1n) is 6.75. The summed E-state index contributed by atoms with van der Waals surface area (Å²) in [5, 5.41) is 10.4. The van der Waals surface area contributed by atoms with Crippen LogP contribution in [-0.2, 0) is 12.3 Å². The number of aromatic nitrogens is 2. The molecule has 1 N–H and O–H groups in total. The average Bonchev–Trinajstić information content (AvgIpc) is 2.79. The summed E-state index contributed by atoms with van der Waals surface area (Å²) in [6, 6.07) is 5.51. The van der Waals surface area contributed by atoms with Gasteiger partial charge in [0.15, 0.2) is 0 Å². The maximum atomic E-state index is 9.16. The third-order valence-electron chi connectivity index (χ3n) is 3.01. The zero-order valence-corrected chi connectivity index (χ0v) is 14.3. The van der Waals surface area contributed by atoms with E-state index in [1.807, 2.05) is 12.1 Å². The van der Waals surface area contributed by atoms with Crippen molar-refractivity contribution in [1.29, 1.82) is 0 Å². The Balaban J connectivity index is 2.14. The van der Waals surface area contributed by atoms with Gasteiger partial charge in [-0.1, -0.05) is 37.0 Å². The topological polar surface area (TPSA) is 38.0 Å². The molecule has 6 heteroatoms. The molecule has 0 bridgehead atoms. The first kappa shape index (κ1) is 16.7. The van der Waals surface area contributed by atoms with E-state index < -0.39 is 0 Å². The second kappa shape index (κ2) is 7.54. The molecule has 0 saturated carbocycles. The number of aliphatic hydroxyl groups is 1. The van der Waals surface area contributed by atoms with Crippen LogP contribution in [-0.4, -0.2) is 21.3 Å². The monoisotopic (exact) mass is 344 g/mol. The molecule has 114 valence electrons. The molecule has 0 aliphatic heterocycles. The van der Waals surface area contributed by atoms with E-state index in [4.69, 9.17) is 28.3 Å². The number of imidazole rings is 1. The van der Waals surface area contributed by atoms with E-state index in [2.05, 4.69) is 29.6 Å². The minimum atomic E-state index is 0.0994. The van der Waals surface area contributed by atoms with Gasteiger partial charge in [0.2, 0.25) is 0 Å². The molecule has 0 atom stereocenters. The molecule has 1 aromatic carbocycles. The highest BCUT2D eigenvalue weighted by Crippen LogP contribution is 2.28. The Hall–Kier alpha value is -0.680. The Kier molecular flexibility index (Phi) is 5.99. The van der Waals surface area contributed by atoms with Gasteiger partial charge in [-0.25, -0.2) is 4.98 Å². The summed E-state index contributed by atoms with van der Waals surface area (Å²) in [5.41, 5.74) is 1.04. The SMILES string of the molecule is CC(C)c1cn(CSc2cc(Cl)cc(Cl)c2)c(CCO)n1. The van der Waals surface area contributed by atoms with Crippen LogP contribution in [0.5, 0.6) is 0 Å². The summed E-state index contributed by atoms with van der Waals surface area (Å²) in [5.74, 6) is 1.99. The number of thioether (sulfide) groups is 1. The lowest BCUT2D eigenvalue weighted by Crippen LogP contribution is -2.03. The number of hydrogen-bond donors (Lipinski definition) is 1. The summed E-state index contributed by atoms with van der Waals surface area (Å²) in [4.78, 5) is 5.60. The van der Waals surface area contributed by atoms with E-state index in [0.29, 0.717) is 28.3 Å². The van der Waals surface area contributed by atoms with Gasteiger partial charge in [-0.2, -0.15) is 0 Å². The van der Waals surface area contributed by atoms with Crippen LogP contribution >= 0.6 is 35.0 Å². The van der Waals surface area contributed by atoms with Gasteiger partial charge in [-0.15, -0.1) is 11.8 Å². The molecule has 2 aromatic rings. The van der Waals surface area contributed by atoms with Crippen molar-refractivity contribution in [2.24, 2.45) is 0 Å². The van der Waals surface area contributed by atoms with Crippen LogP contribution in [0.2, 0.25) is 10.0 Å². The smallest absolute Gasteiger partial charge is 0.112 e. The molecular formula is C15H18Cl2N2OS. The highest BCUT2D eigenvalue weighted by Gasteiger charge is 2.10. The van der Waals surface area contributed by atoms with Crippen molar-refractivity contribution in [2.45, 2.75) is 37.0 Å². The second-order valence-corrected chi connectivity index (χ2v) is 6.95. The molecule has 0 unspecified atom stereocenters. The molecule has 21 heavy (non-hydrogen) atoms. The van der Waals surface area contributed by atoms with Gasteiger partial charge in [0, 0.05) is 27.6 Å². The van der Waals surface area contributed by atoms with Crippen molar-refractivity contribution in [3.63, 3.8) is 0 Å². The van der Waals surface area contributed by atoms with E-state index in [1.54, 1.807) is 17.8 Å². The maximum absolute atomic E-state index is 9.16. The van der Waals surface area contributed by atoms with Crippen molar-refractivity contribution in [3.05, 3.63) is 46.0 Å². The van der Waals surface area contributed by atoms with Gasteiger partial charge in [-0.05, 0) is 24.1 Å². The van der Waals surface area contributed by atoms with Crippen LogP contribution < -0.4 is 0 Å². The van der Waals surface area contributed by atoms with E-state index >= 15 is 0 Å². The lowest BCUT2D eigenvalue weighted by molar-refractivity contribution is 0.295. The van der Waals surface area contributed by atoms with Crippen molar-refractivity contribution in [3.8, 4) is 0 Å². The normalized spacial score (nSPS) is 11.3. The van der Waals surface area contributed by atoms with Gasteiger partial charge in [0.05, 0.1) is 18.2 Å². The largest absolute Gasteiger partial charge is 0.396 e. The van der Waals surface area contributed by atoms with Crippen LogP contribution in [0.1, 0.15) is 31.3 Å². The third-order valence-corrected chi connectivity index (χ3v) is 4.42. The molecule has 2 rings (SSSR count). The molecule has 0 amide bonds. The predicted molar refractivity (Wildman–Crippen MR) is 89.4 cm³/mol. The lowest BCUT2D eigenvalue weighted by atomic mass is 10.2. The van der Waals surface area contributed by atoms with E-state index in [9.17, 15) is 0 Å². The quantitative estimate of drug-likeness (QED) is 0.778. The minimum absolute atomic E-state index is 0.0994. The molecule has 1 aromatic heterocycles. The molecule has 0 spiro atoms. The summed E-state index contributed by atoms with van der Waals surface area (Å²) < 4.78 is 2.07. The Morgan fingerprint density at radius 1 is 1.24 bits per heavy atom. The second-order valence-electron chi connectivity index (χ2n) is 5.06. The van der Waals surface area contributed by atoms with E-state index in [0.717, 1.165) is 16.4 Å². The molecule has 0 aliphatic carbocycles. The third kappa shape index (κ3) is 4.65. The van der Waals surface area contributed by atoms with Crippen LogP contribution in [0, 0.1) is 0 Å². The molecule has 0 aliphatic rings. The molecule has 3 nitrogen and oxygen atoms in total. The van der Waals surface area contributed by atoms with Gasteiger partial charge in [0.1, 0.15) is 5.82 Å². The van der Waals surface area contributed by atoms with Crippen molar-refractivity contribution >= 4 is 35.0 Å². The molecule has 0 saturated heterocycles. The lowest BCUT2D eigenvalue weighted by Gasteiger charge is -2.07. The predicted octanol–water partition coefficient (Wildman–Crippen LogP) is 4.60. The summed E-state index contributed by atoms with van der Waals surface area (Å²) >= 11 is 13.7. The van der Waals surface area contributed by atoms with Gasteiger partial charge in [-0.3, -0.25) is 0 Å². The Bertz CT molecular complexity index is 593. The van der Waals surface area contributed by atoms with E-state index in [-0.39, 0.29) is 6.61 Å². The van der Waals surface area contributed by atoms with Crippen molar-refractivity contribution < 1.29 is 5.11 Å². The Morgan fingerprint density at radius 3 is 2.48 bits per heavy atom. The number of nitrogens with zero attached hydrogens (tertiary/aromatic N) is 2. The Morgan fingerprint density at radius 2 is 1.90 bits per heavy atom. The van der Waals surface area contributed by atoms with Crippen LogP contribution in [0.25, 0.3) is 0 Å². The highest BCUT2D eigenvalue weighted by atomic mass is 35.5. The van der Waals surface area contributed by atoms with Gasteiger partial charge in [0.25, 0.3) is 0 Å². The molecule has 0 fully saturated rings. The summed E-state index contributed by atoms with van der Waals surface area (Å²) in [7, 11) is 0. The number of halogens is 2. The van der Waals surface area contributed by atoms with Crippen LogP contribution in [0.3, 0.4) is 0 Å². The highest BCUT2D eigenvalue weighted by molar-refractivity contribution is 7.98. The standard InChI is InChI=1S/C15H18Cl2N2OS/c1-10(2)14-8-19(15(18-14)3-4-20)9-21-13-6-11(16)5-12(17)7-13/h5-8,10,20H,3-4,9H2,1-2H3. The molecule has 0 radical (unpaired) electrons. The maximum Gasteiger partial charge on any atom is 0.112 e. The molecule has 1 heterocycles. The number of hydrogen-bond acceptors (Lipinski definition) is 3. The number of benzene rings is 1. The van der Waals surface area contributed by atoms with Gasteiger partial charge >= 0.3 is 0 Å². The van der Waals surface area contributed by atoms with Crippen LogP contribution in [0.15, 0.2) is 29.3 Å². The minimum Gasteiger partial charge on any atom is -0.396 e. The zero-order valence-electron chi connectivity index (χ0n) is 12.0. The average molecular weight is 345 g/mol. The Labute approximate surface area is 139 Å². The van der Waals surface area contributed by atoms with E-state index in [1.165, 1.54) is 0 Å². The number of aliphatic hydroxyl groups excluding tert-OH is 1. The fourth-order valence-electron chi connectivity index (χ4n) is 1.92. The first-order chi connectivity index (χ1) is 9.99. The first-order valence-corrected chi connectivity index (χ1v) is 8.49.